The molecule has 3 rings (SSSR count). The predicted octanol–water partition coefficient (Wildman–Crippen LogP) is 1.66. The molecule has 2 aromatic rings. The van der Waals surface area contributed by atoms with Crippen molar-refractivity contribution in [2.24, 2.45) is 0 Å². The number of anilines is 1. The minimum atomic E-state index is -0.0206. The van der Waals surface area contributed by atoms with Crippen molar-refractivity contribution < 1.29 is 4.74 Å². The van der Waals surface area contributed by atoms with E-state index in [0.717, 1.165) is 30.9 Å². The van der Waals surface area contributed by atoms with Crippen LogP contribution in [-0.4, -0.2) is 27.7 Å². The maximum Gasteiger partial charge on any atom is 0.123 e. The molecular weight excluding hydrogens is 228 g/mol. The summed E-state index contributed by atoms with van der Waals surface area (Å²) in [6.45, 7) is 3.71. The van der Waals surface area contributed by atoms with Crippen molar-refractivity contribution in [3.05, 3.63) is 30.9 Å². The first kappa shape index (κ1) is 11.2. The van der Waals surface area contributed by atoms with Crippen molar-refractivity contribution >= 4 is 5.82 Å². The van der Waals surface area contributed by atoms with Gasteiger partial charge in [-0.3, -0.25) is 0 Å². The van der Waals surface area contributed by atoms with Gasteiger partial charge in [0.15, 0.2) is 0 Å². The van der Waals surface area contributed by atoms with Crippen LogP contribution in [0.4, 0.5) is 5.82 Å². The lowest BCUT2D eigenvalue weighted by Gasteiger charge is -2.26. The first-order chi connectivity index (χ1) is 8.69. The zero-order valence-corrected chi connectivity index (χ0v) is 10.3. The smallest absolute Gasteiger partial charge is 0.123 e. The molecule has 0 aliphatic carbocycles. The van der Waals surface area contributed by atoms with Gasteiger partial charge >= 0.3 is 0 Å². The summed E-state index contributed by atoms with van der Waals surface area (Å²) in [5, 5.41) is 0. The van der Waals surface area contributed by atoms with E-state index >= 15 is 0 Å². The van der Waals surface area contributed by atoms with Crippen LogP contribution in [-0.2, 0) is 10.3 Å². The van der Waals surface area contributed by atoms with Crippen LogP contribution >= 0.6 is 0 Å². The molecule has 1 aliphatic rings. The predicted molar refractivity (Wildman–Crippen MR) is 69.0 cm³/mol. The number of aromatic nitrogens is 3. The van der Waals surface area contributed by atoms with E-state index in [9.17, 15) is 0 Å². The van der Waals surface area contributed by atoms with Crippen molar-refractivity contribution in [2.75, 3.05) is 18.9 Å². The van der Waals surface area contributed by atoms with E-state index in [1.54, 1.807) is 12.3 Å². The molecule has 5 nitrogen and oxygen atoms in total. The van der Waals surface area contributed by atoms with Crippen LogP contribution in [0.5, 0.6) is 0 Å². The Morgan fingerprint density at radius 3 is 2.94 bits per heavy atom. The quantitative estimate of drug-likeness (QED) is 0.872. The molecule has 94 valence electrons. The lowest BCUT2D eigenvalue weighted by atomic mass is 10.0. The molecule has 0 aromatic carbocycles. The van der Waals surface area contributed by atoms with Crippen LogP contribution in [0.25, 0.3) is 11.3 Å². The molecule has 2 N–H and O–H groups in total. The van der Waals surface area contributed by atoms with Crippen molar-refractivity contribution in [1.29, 1.82) is 0 Å². The molecule has 0 radical (unpaired) electrons. The zero-order chi connectivity index (χ0) is 12.6. The molecule has 0 saturated carbocycles. The normalized spacial score (nSPS) is 23.4. The fraction of sp³-hybridized carbons (Fsp3) is 0.385. The van der Waals surface area contributed by atoms with Crippen LogP contribution in [0.15, 0.2) is 30.9 Å². The molecule has 2 aromatic heterocycles. The van der Waals surface area contributed by atoms with E-state index in [4.69, 9.17) is 10.5 Å². The molecule has 1 atom stereocenters. The Balaban J connectivity index is 2.03. The van der Waals surface area contributed by atoms with Gasteiger partial charge in [-0.1, -0.05) is 0 Å². The van der Waals surface area contributed by atoms with Gasteiger partial charge in [0, 0.05) is 18.4 Å². The Labute approximate surface area is 106 Å². The molecule has 5 heteroatoms. The van der Waals surface area contributed by atoms with Crippen LogP contribution in [0, 0.1) is 0 Å². The van der Waals surface area contributed by atoms with Gasteiger partial charge in [-0.25, -0.2) is 9.97 Å². The van der Waals surface area contributed by atoms with Crippen LogP contribution in [0.2, 0.25) is 0 Å². The number of hydrogen-bond acceptors (Lipinski definition) is 4. The third kappa shape index (κ3) is 1.76. The number of ether oxygens (including phenoxy) is 1. The number of rotatable bonds is 2. The topological polar surface area (TPSA) is 66.0 Å². The highest BCUT2D eigenvalue weighted by Crippen LogP contribution is 2.31. The Hall–Kier alpha value is -1.88. The van der Waals surface area contributed by atoms with Gasteiger partial charge in [-0.05, 0) is 25.5 Å². The highest BCUT2D eigenvalue weighted by atomic mass is 16.5. The summed E-state index contributed by atoms with van der Waals surface area (Å²) in [4.78, 5) is 8.39. The summed E-state index contributed by atoms with van der Waals surface area (Å²) in [5.41, 5.74) is 7.67. The minimum absolute atomic E-state index is 0.0206. The third-order valence-electron chi connectivity index (χ3n) is 3.50. The fourth-order valence-electron chi connectivity index (χ4n) is 2.34. The van der Waals surface area contributed by atoms with Gasteiger partial charge in [0.25, 0.3) is 0 Å². The average molecular weight is 244 g/mol. The van der Waals surface area contributed by atoms with Crippen molar-refractivity contribution in [1.82, 2.24) is 14.5 Å². The van der Waals surface area contributed by atoms with Gasteiger partial charge in [0.1, 0.15) is 5.82 Å². The summed E-state index contributed by atoms with van der Waals surface area (Å²) in [6.07, 6.45) is 6.50. The fourth-order valence-corrected chi connectivity index (χ4v) is 2.34. The monoisotopic (exact) mass is 244 g/mol. The Kier molecular flexibility index (Phi) is 2.56. The van der Waals surface area contributed by atoms with E-state index < -0.39 is 0 Å². The van der Waals surface area contributed by atoms with E-state index in [1.165, 1.54) is 0 Å². The average Bonchev–Trinajstić information content (AvgIpc) is 2.99. The lowest BCUT2D eigenvalue weighted by Crippen LogP contribution is -2.30. The number of hydrogen-bond donors (Lipinski definition) is 1. The molecule has 1 aliphatic heterocycles. The SMILES string of the molecule is CC1(n2cncc2-c2ccc(N)nc2)CCOC1. The largest absolute Gasteiger partial charge is 0.384 e. The van der Waals surface area contributed by atoms with Crippen LogP contribution in [0.3, 0.4) is 0 Å². The first-order valence-corrected chi connectivity index (χ1v) is 6.01. The number of nitrogens with zero attached hydrogens (tertiary/aromatic N) is 3. The van der Waals surface area contributed by atoms with Crippen molar-refractivity contribution in [3.8, 4) is 11.3 Å². The Morgan fingerprint density at radius 2 is 2.28 bits per heavy atom. The molecule has 1 saturated heterocycles. The summed E-state index contributed by atoms with van der Waals surface area (Å²) in [7, 11) is 0. The zero-order valence-electron chi connectivity index (χ0n) is 10.3. The van der Waals surface area contributed by atoms with Gasteiger partial charge in [0.2, 0.25) is 0 Å². The second kappa shape index (κ2) is 4.10. The Morgan fingerprint density at radius 1 is 1.39 bits per heavy atom. The standard InChI is InChI=1S/C13H16N4O/c1-13(4-5-18-8-13)17-9-15-7-11(17)10-2-3-12(14)16-6-10/h2-3,6-7,9H,4-5,8H2,1H3,(H2,14,16). The summed E-state index contributed by atoms with van der Waals surface area (Å²) in [5.74, 6) is 0.528. The highest BCUT2D eigenvalue weighted by Gasteiger charge is 2.33. The van der Waals surface area contributed by atoms with Crippen molar-refractivity contribution in [2.45, 2.75) is 18.9 Å². The maximum atomic E-state index is 5.61. The van der Waals surface area contributed by atoms with Gasteiger partial charge < -0.3 is 15.0 Å². The minimum Gasteiger partial charge on any atom is -0.384 e. The summed E-state index contributed by atoms with van der Waals surface area (Å²) >= 11 is 0. The van der Waals surface area contributed by atoms with E-state index in [1.807, 2.05) is 18.6 Å². The molecular formula is C13H16N4O. The van der Waals surface area contributed by atoms with Crippen LogP contribution in [0.1, 0.15) is 13.3 Å². The molecule has 0 bridgehead atoms. The number of pyridine rings is 1. The molecule has 3 heterocycles. The first-order valence-electron chi connectivity index (χ1n) is 6.01. The van der Waals surface area contributed by atoms with E-state index in [0.29, 0.717) is 5.82 Å². The van der Waals surface area contributed by atoms with E-state index in [2.05, 4.69) is 21.5 Å². The molecule has 1 unspecified atom stereocenters. The second-order valence-corrected chi connectivity index (χ2v) is 4.92. The van der Waals surface area contributed by atoms with Gasteiger partial charge in [-0.2, -0.15) is 0 Å². The third-order valence-corrected chi connectivity index (χ3v) is 3.50. The molecule has 1 fully saturated rings. The lowest BCUT2D eigenvalue weighted by molar-refractivity contribution is 0.162. The highest BCUT2D eigenvalue weighted by molar-refractivity contribution is 5.59. The van der Waals surface area contributed by atoms with Crippen molar-refractivity contribution in [3.63, 3.8) is 0 Å². The van der Waals surface area contributed by atoms with Crippen LogP contribution < -0.4 is 5.73 Å². The second-order valence-electron chi connectivity index (χ2n) is 4.92. The van der Waals surface area contributed by atoms with Gasteiger partial charge in [-0.15, -0.1) is 0 Å². The van der Waals surface area contributed by atoms with Gasteiger partial charge in [0.05, 0.1) is 30.4 Å². The number of nitrogens with two attached hydrogens (primary N) is 1. The summed E-state index contributed by atoms with van der Waals surface area (Å²) < 4.78 is 7.68. The molecule has 0 spiro atoms. The molecule has 18 heavy (non-hydrogen) atoms. The number of imidazole rings is 1. The number of nitrogen functional groups attached to an aromatic ring is 1. The summed E-state index contributed by atoms with van der Waals surface area (Å²) in [6, 6.07) is 3.77. The Bertz CT molecular complexity index is 540. The molecule has 0 amide bonds. The maximum absolute atomic E-state index is 5.61. The van der Waals surface area contributed by atoms with E-state index in [-0.39, 0.29) is 5.54 Å².